The molecule has 5 aromatic rings. The number of benzene rings is 3. The molecule has 1 aliphatic heterocycles. The Balaban J connectivity index is 1.99. The average Bonchev–Trinajstić information content (AvgIpc) is 2.96. The third kappa shape index (κ3) is 1.56. The first-order chi connectivity index (χ1) is 12.4. The second kappa shape index (κ2) is 4.58. The number of nitrogens with zero attached hydrogens (tertiary/aromatic N) is 2. The number of fused-ring (bicyclic) bond motifs is 8. The molecule has 1 aliphatic rings. The summed E-state index contributed by atoms with van der Waals surface area (Å²) in [5.74, 6) is 0. The van der Waals surface area contributed by atoms with Crippen LogP contribution in [0.15, 0.2) is 85.1 Å². The van der Waals surface area contributed by atoms with Gasteiger partial charge in [0, 0.05) is 22.7 Å². The zero-order valence-corrected chi connectivity index (χ0v) is 13.5. The van der Waals surface area contributed by atoms with E-state index in [2.05, 4.69) is 83.4 Å². The molecule has 25 heavy (non-hydrogen) atoms. The first-order valence-electron chi connectivity index (χ1n) is 8.51. The van der Waals surface area contributed by atoms with E-state index in [1.54, 1.807) is 0 Å². The SMILES string of the molecule is c1ccc2c(c1)-c1ccccc1-n1c3ccccc3c3nccc-2c31. The molecular weight excluding hydrogens is 304 g/mol. The largest absolute Gasteiger partial charge is 0.306 e. The van der Waals surface area contributed by atoms with Crippen molar-refractivity contribution in [3.8, 4) is 27.9 Å². The van der Waals surface area contributed by atoms with E-state index in [9.17, 15) is 0 Å². The summed E-state index contributed by atoms with van der Waals surface area (Å²) in [5.41, 5.74) is 9.73. The van der Waals surface area contributed by atoms with Gasteiger partial charge in [0.15, 0.2) is 0 Å². The van der Waals surface area contributed by atoms with E-state index < -0.39 is 0 Å². The van der Waals surface area contributed by atoms with Gasteiger partial charge in [-0.3, -0.25) is 4.98 Å². The van der Waals surface area contributed by atoms with Gasteiger partial charge >= 0.3 is 0 Å². The average molecular weight is 318 g/mol. The molecule has 0 saturated carbocycles. The Morgan fingerprint density at radius 3 is 2.16 bits per heavy atom. The molecule has 0 amide bonds. The Morgan fingerprint density at radius 2 is 1.28 bits per heavy atom. The molecule has 6 rings (SSSR count). The van der Waals surface area contributed by atoms with Crippen molar-refractivity contribution in [1.29, 1.82) is 0 Å². The van der Waals surface area contributed by atoms with Crippen LogP contribution in [0.2, 0.25) is 0 Å². The van der Waals surface area contributed by atoms with Crippen molar-refractivity contribution in [1.82, 2.24) is 9.55 Å². The maximum Gasteiger partial charge on any atom is 0.0969 e. The molecule has 0 saturated heterocycles. The zero-order valence-electron chi connectivity index (χ0n) is 13.5. The van der Waals surface area contributed by atoms with Crippen LogP contribution in [0, 0.1) is 0 Å². The predicted octanol–water partition coefficient (Wildman–Crippen LogP) is 5.83. The highest BCUT2D eigenvalue weighted by Crippen LogP contribution is 2.45. The topological polar surface area (TPSA) is 17.8 Å². The third-order valence-corrected chi connectivity index (χ3v) is 5.20. The summed E-state index contributed by atoms with van der Waals surface area (Å²) in [6.45, 7) is 0. The fraction of sp³-hybridized carbons (Fsp3) is 0. The number of pyridine rings is 1. The third-order valence-electron chi connectivity index (χ3n) is 5.20. The van der Waals surface area contributed by atoms with Gasteiger partial charge in [0.25, 0.3) is 0 Å². The molecule has 0 spiro atoms. The normalized spacial score (nSPS) is 12.0. The lowest BCUT2D eigenvalue weighted by Gasteiger charge is -2.11. The van der Waals surface area contributed by atoms with Crippen molar-refractivity contribution < 1.29 is 0 Å². The number of aromatic nitrogens is 2. The van der Waals surface area contributed by atoms with Gasteiger partial charge in [0.05, 0.1) is 22.2 Å². The Morgan fingerprint density at radius 1 is 0.600 bits per heavy atom. The van der Waals surface area contributed by atoms with Crippen molar-refractivity contribution >= 4 is 21.9 Å². The molecule has 0 radical (unpaired) electrons. The van der Waals surface area contributed by atoms with Crippen LogP contribution in [0.5, 0.6) is 0 Å². The van der Waals surface area contributed by atoms with Gasteiger partial charge in [0.1, 0.15) is 0 Å². The summed E-state index contributed by atoms with van der Waals surface area (Å²) in [6.07, 6.45) is 1.93. The van der Waals surface area contributed by atoms with Gasteiger partial charge in [-0.2, -0.15) is 0 Å². The summed E-state index contributed by atoms with van der Waals surface area (Å²) < 4.78 is 2.38. The van der Waals surface area contributed by atoms with E-state index in [0.717, 1.165) is 5.52 Å². The minimum absolute atomic E-state index is 1.07. The van der Waals surface area contributed by atoms with Crippen LogP contribution < -0.4 is 0 Å². The van der Waals surface area contributed by atoms with Crippen molar-refractivity contribution in [3.63, 3.8) is 0 Å². The van der Waals surface area contributed by atoms with E-state index >= 15 is 0 Å². The number of hydrogen-bond donors (Lipinski definition) is 0. The molecule has 0 aliphatic carbocycles. The van der Waals surface area contributed by atoms with Gasteiger partial charge in [-0.15, -0.1) is 0 Å². The van der Waals surface area contributed by atoms with Crippen LogP contribution in [-0.2, 0) is 0 Å². The van der Waals surface area contributed by atoms with Crippen LogP contribution in [-0.4, -0.2) is 9.55 Å². The summed E-state index contributed by atoms with van der Waals surface area (Å²) in [5, 5.41) is 1.20. The quantitative estimate of drug-likeness (QED) is 0.345. The van der Waals surface area contributed by atoms with Gasteiger partial charge in [-0.1, -0.05) is 60.7 Å². The lowest BCUT2D eigenvalue weighted by molar-refractivity contribution is 1.18. The van der Waals surface area contributed by atoms with Crippen molar-refractivity contribution in [3.05, 3.63) is 85.1 Å². The monoisotopic (exact) mass is 318 g/mol. The Labute approximate surface area is 145 Å². The van der Waals surface area contributed by atoms with E-state index in [-0.39, 0.29) is 0 Å². The van der Waals surface area contributed by atoms with Crippen LogP contribution in [0.3, 0.4) is 0 Å². The summed E-state index contributed by atoms with van der Waals surface area (Å²) in [6, 6.07) is 28.0. The molecule has 3 heterocycles. The van der Waals surface area contributed by atoms with Crippen LogP contribution in [0.25, 0.3) is 49.9 Å². The summed E-state index contributed by atoms with van der Waals surface area (Å²) >= 11 is 0. The van der Waals surface area contributed by atoms with Crippen molar-refractivity contribution in [2.75, 3.05) is 0 Å². The summed E-state index contributed by atoms with van der Waals surface area (Å²) in [4.78, 5) is 4.74. The number of hydrogen-bond acceptors (Lipinski definition) is 1. The van der Waals surface area contributed by atoms with E-state index in [4.69, 9.17) is 4.98 Å². The Bertz CT molecular complexity index is 1290. The minimum Gasteiger partial charge on any atom is -0.306 e. The Kier molecular flexibility index (Phi) is 2.37. The molecule has 2 aromatic heterocycles. The molecule has 0 bridgehead atoms. The predicted molar refractivity (Wildman–Crippen MR) is 103 cm³/mol. The van der Waals surface area contributed by atoms with Crippen molar-refractivity contribution in [2.45, 2.75) is 0 Å². The minimum atomic E-state index is 1.07. The molecule has 0 unspecified atom stereocenters. The van der Waals surface area contributed by atoms with E-state index in [0.29, 0.717) is 0 Å². The van der Waals surface area contributed by atoms with Gasteiger partial charge in [-0.05, 0) is 29.3 Å². The van der Waals surface area contributed by atoms with E-state index in [1.165, 1.54) is 44.4 Å². The first-order valence-corrected chi connectivity index (χ1v) is 8.51. The van der Waals surface area contributed by atoms with Crippen LogP contribution in [0.1, 0.15) is 0 Å². The van der Waals surface area contributed by atoms with E-state index in [1.807, 2.05) is 6.20 Å². The molecule has 3 aromatic carbocycles. The molecule has 116 valence electrons. The molecule has 0 atom stereocenters. The number of rotatable bonds is 0. The second-order valence-corrected chi connectivity index (χ2v) is 6.47. The molecular formula is C23H14N2. The van der Waals surface area contributed by atoms with Crippen LogP contribution >= 0.6 is 0 Å². The summed E-state index contributed by atoms with van der Waals surface area (Å²) in [7, 11) is 0. The molecule has 0 N–H and O–H groups in total. The second-order valence-electron chi connectivity index (χ2n) is 6.47. The maximum atomic E-state index is 4.74. The highest BCUT2D eigenvalue weighted by atomic mass is 15.0. The highest BCUT2D eigenvalue weighted by molar-refractivity contribution is 6.14. The standard InChI is InChI=1S/C23H14N2/c1-2-8-16-15(7-1)17-9-3-5-11-20(17)25-21-12-6-4-10-19(21)22-23(25)18(16)13-14-24-22/h1-14H. The van der Waals surface area contributed by atoms with Gasteiger partial charge < -0.3 is 4.57 Å². The molecule has 2 nitrogen and oxygen atoms in total. The fourth-order valence-corrected chi connectivity index (χ4v) is 4.18. The zero-order chi connectivity index (χ0) is 16.4. The van der Waals surface area contributed by atoms with Gasteiger partial charge in [-0.25, -0.2) is 0 Å². The highest BCUT2D eigenvalue weighted by Gasteiger charge is 2.23. The maximum absolute atomic E-state index is 4.74. The smallest absolute Gasteiger partial charge is 0.0969 e. The lowest BCUT2D eigenvalue weighted by Crippen LogP contribution is -1.95. The van der Waals surface area contributed by atoms with Crippen LogP contribution in [0.4, 0.5) is 0 Å². The molecule has 2 heteroatoms. The first kappa shape index (κ1) is 13.0. The Hall–Kier alpha value is -3.39. The van der Waals surface area contributed by atoms with Gasteiger partial charge in [0.2, 0.25) is 0 Å². The molecule has 0 fully saturated rings. The lowest BCUT2D eigenvalue weighted by atomic mass is 9.95. The number of para-hydroxylation sites is 2. The fourth-order valence-electron chi connectivity index (χ4n) is 4.18. The van der Waals surface area contributed by atoms with Crippen molar-refractivity contribution in [2.24, 2.45) is 0 Å².